The van der Waals surface area contributed by atoms with E-state index in [1.54, 1.807) is 13.8 Å². The van der Waals surface area contributed by atoms with Gasteiger partial charge in [0.05, 0.1) is 39.3 Å². The van der Waals surface area contributed by atoms with E-state index in [1.807, 2.05) is 74.5 Å². The molecule has 0 radical (unpaired) electrons. The summed E-state index contributed by atoms with van der Waals surface area (Å²) in [6.45, 7) is 12.2. The molecule has 3 aromatic rings. The van der Waals surface area contributed by atoms with Gasteiger partial charge in [-0.05, 0) is 256 Å². The van der Waals surface area contributed by atoms with Crippen LogP contribution in [-0.4, -0.2) is 59.2 Å². The standard InChI is InChI=1S/C68H87O10S/c1-41-45-17-18-46(32-45)56(41)33-47(57(69)38-67(6)50-28-42-25-43(30-50)31-51(67)29-42)35-65(4,62(72)77-58-23-24-75-60(58)70)40-66(5,63(73)78-59-48-26-44-27-49(59)37-68(74,34-44)36-48)39-64(2,3)61(71)76-52-19-21-55(22-20-52)79(53-13-9-7-10-14-53)54-15-11-8-12-16-54/h7-16,19-22,41-51,56,58-59,74H,17-18,23-40H2,1-6H3/q+1. The van der Waals surface area contributed by atoms with Crippen molar-refractivity contribution in [3.05, 3.63) is 84.9 Å². The Balaban J connectivity index is 0.866. The van der Waals surface area contributed by atoms with Gasteiger partial charge in [0.2, 0.25) is 6.10 Å². The predicted octanol–water partition coefficient (Wildman–Crippen LogP) is 13.3. The highest BCUT2D eigenvalue weighted by atomic mass is 32.2. The molecule has 424 valence electrons. The van der Waals surface area contributed by atoms with E-state index in [1.165, 1.54) is 54.7 Å². The van der Waals surface area contributed by atoms with Crippen molar-refractivity contribution < 1.29 is 48.0 Å². The molecule has 0 spiro atoms. The lowest BCUT2D eigenvalue weighted by atomic mass is 9.44. The normalized spacial score (nSPS) is 36.6. The highest BCUT2D eigenvalue weighted by Gasteiger charge is 2.60. The number of Topliss-reactive ketones (excluding diaryl/α,β-unsaturated/α-hetero) is 1. The summed E-state index contributed by atoms with van der Waals surface area (Å²) in [6.07, 6.45) is 13.3. The summed E-state index contributed by atoms with van der Waals surface area (Å²) in [5, 5.41) is 11.6. The molecule has 10 bridgehead atoms. The lowest BCUT2D eigenvalue weighted by Gasteiger charge is -2.60. The molecule has 10 saturated carbocycles. The second kappa shape index (κ2) is 21.1. The SMILES string of the molecule is CC1C2CCC(C2)C1CC(CC(C)(CC(C)(CC(C)(C)C(=O)Oc1ccc([S+](c2ccccc2)c2ccccc2)cc1)C(=O)OC1C2CC3CC1CC(O)(C3)C2)C(=O)OC1CCOC1=O)C(=O)CC1(C)C2CC3CC(C2)CC1C3. The summed E-state index contributed by atoms with van der Waals surface area (Å²) < 4.78 is 24.7. The number of rotatable bonds is 20. The number of hydrogen-bond acceptors (Lipinski definition) is 10. The average molecular weight is 1100 g/mol. The molecule has 11 fully saturated rings. The van der Waals surface area contributed by atoms with Crippen LogP contribution in [0.15, 0.2) is 99.6 Å². The third-order valence-electron chi connectivity index (χ3n) is 22.7. The van der Waals surface area contributed by atoms with Gasteiger partial charge in [0.1, 0.15) is 17.6 Å². The highest BCUT2D eigenvalue weighted by Crippen LogP contribution is 2.65. The van der Waals surface area contributed by atoms with E-state index in [0.717, 1.165) is 42.4 Å². The van der Waals surface area contributed by atoms with E-state index >= 15 is 14.4 Å². The van der Waals surface area contributed by atoms with Gasteiger partial charge in [-0.1, -0.05) is 50.2 Å². The Morgan fingerprint density at radius 1 is 0.658 bits per heavy atom. The number of carbonyl (C=O) groups is 5. The van der Waals surface area contributed by atoms with E-state index in [-0.39, 0.29) is 55.3 Å². The first-order valence-corrected chi connectivity index (χ1v) is 31.9. The van der Waals surface area contributed by atoms with Crippen molar-refractivity contribution >= 4 is 40.6 Å². The minimum atomic E-state index is -1.48. The number of esters is 4. The van der Waals surface area contributed by atoms with E-state index in [4.69, 9.17) is 18.9 Å². The lowest BCUT2D eigenvalue weighted by Crippen LogP contribution is -2.58. The largest absolute Gasteiger partial charge is 0.463 e. The first-order valence-electron chi connectivity index (χ1n) is 30.7. The first kappa shape index (κ1) is 55.1. The van der Waals surface area contributed by atoms with Crippen molar-refractivity contribution in [3.63, 3.8) is 0 Å². The molecule has 11 aliphatic rings. The molecule has 3 aromatic carbocycles. The van der Waals surface area contributed by atoms with Crippen LogP contribution in [0.5, 0.6) is 5.75 Å². The summed E-state index contributed by atoms with van der Waals surface area (Å²) in [4.78, 5) is 78.5. The summed E-state index contributed by atoms with van der Waals surface area (Å²) in [5.41, 5.74) is -5.08. The molecule has 14 rings (SSSR count). The van der Waals surface area contributed by atoms with E-state index in [9.17, 15) is 14.7 Å². The fourth-order valence-electron chi connectivity index (χ4n) is 19.4. The second-order valence-electron chi connectivity index (χ2n) is 29.0. The van der Waals surface area contributed by atoms with Crippen LogP contribution in [0.3, 0.4) is 0 Å². The number of benzene rings is 3. The van der Waals surface area contributed by atoms with E-state index < -0.39 is 74.7 Å². The van der Waals surface area contributed by atoms with Crippen LogP contribution in [0, 0.1) is 92.7 Å². The molecule has 0 amide bonds. The maximum Gasteiger partial charge on any atom is 0.347 e. The maximum absolute atomic E-state index is 15.8. The van der Waals surface area contributed by atoms with Gasteiger partial charge < -0.3 is 24.1 Å². The number of hydrogen-bond donors (Lipinski definition) is 1. The van der Waals surface area contributed by atoms with Gasteiger partial charge in [-0.25, -0.2) is 4.79 Å². The lowest BCUT2D eigenvalue weighted by molar-refractivity contribution is -0.208. The molecule has 0 aromatic heterocycles. The molecule has 1 N–H and O–H groups in total. The Hall–Kier alpha value is -4.48. The van der Waals surface area contributed by atoms with Gasteiger partial charge in [-0.3, -0.25) is 19.2 Å². The third-order valence-corrected chi connectivity index (χ3v) is 24.9. The minimum Gasteiger partial charge on any atom is -0.463 e. The van der Waals surface area contributed by atoms with E-state index in [2.05, 4.69) is 38.1 Å². The molecule has 10 unspecified atom stereocenters. The molecule has 1 aliphatic heterocycles. The van der Waals surface area contributed by atoms with Gasteiger partial charge in [-0.15, -0.1) is 0 Å². The van der Waals surface area contributed by atoms with Gasteiger partial charge in [-0.2, -0.15) is 0 Å². The van der Waals surface area contributed by atoms with Crippen LogP contribution >= 0.6 is 0 Å². The molecular weight excluding hydrogens is 1010 g/mol. The molecule has 11 heteroatoms. The fraction of sp³-hybridized carbons (Fsp3) is 0.662. The Morgan fingerprint density at radius 2 is 1.24 bits per heavy atom. The zero-order chi connectivity index (χ0) is 55.2. The molecule has 10 aliphatic carbocycles. The number of cyclic esters (lactones) is 1. The van der Waals surface area contributed by atoms with Crippen LogP contribution < -0.4 is 4.74 Å². The van der Waals surface area contributed by atoms with Crippen molar-refractivity contribution in [2.75, 3.05) is 6.61 Å². The molecule has 79 heavy (non-hydrogen) atoms. The molecule has 10 nitrogen and oxygen atoms in total. The monoisotopic (exact) mass is 1100 g/mol. The summed E-state index contributed by atoms with van der Waals surface area (Å²) in [6, 6.07) is 28.4. The number of ketones is 1. The van der Waals surface area contributed by atoms with Gasteiger partial charge in [0.15, 0.2) is 14.7 Å². The number of aliphatic hydroxyl groups is 1. The zero-order valence-electron chi connectivity index (χ0n) is 47.8. The number of ether oxygens (including phenoxy) is 4. The van der Waals surface area contributed by atoms with Crippen LogP contribution in [0.1, 0.15) is 164 Å². The topological polar surface area (TPSA) is 142 Å². The van der Waals surface area contributed by atoms with Crippen molar-refractivity contribution in [2.45, 2.75) is 196 Å². The summed E-state index contributed by atoms with van der Waals surface area (Å²) in [5.74, 6) is 2.83. The predicted molar refractivity (Wildman–Crippen MR) is 301 cm³/mol. The third kappa shape index (κ3) is 10.7. The number of fused-ring (bicyclic) bond motifs is 2. The second-order valence-corrected chi connectivity index (χ2v) is 31.0. The van der Waals surface area contributed by atoms with Crippen molar-refractivity contribution in [3.8, 4) is 5.75 Å². The van der Waals surface area contributed by atoms with Crippen molar-refractivity contribution in [2.24, 2.45) is 92.7 Å². The van der Waals surface area contributed by atoms with E-state index in [0.29, 0.717) is 72.9 Å². The molecule has 10 atom stereocenters. The Bertz CT molecular complexity index is 2690. The minimum absolute atomic E-state index is 0.0105. The molecule has 1 heterocycles. The molecular formula is C68H87O10S+. The van der Waals surface area contributed by atoms with Crippen molar-refractivity contribution in [1.82, 2.24) is 0 Å². The average Bonchev–Trinajstić information content (AvgIpc) is 4.33. The number of carbonyl (C=O) groups excluding carboxylic acids is 5. The first-order chi connectivity index (χ1) is 37.7. The summed E-state index contributed by atoms with van der Waals surface area (Å²) in [7, 11) is -0.404. The quantitative estimate of drug-likeness (QED) is 0.0503. The Kier molecular flexibility index (Phi) is 14.7. The van der Waals surface area contributed by atoms with Gasteiger partial charge in [0.25, 0.3) is 0 Å². The summed E-state index contributed by atoms with van der Waals surface area (Å²) >= 11 is 0. The maximum atomic E-state index is 15.8. The molecule has 1 saturated heterocycles. The van der Waals surface area contributed by atoms with Crippen molar-refractivity contribution in [1.29, 1.82) is 0 Å². The Morgan fingerprint density at radius 3 is 1.80 bits per heavy atom. The smallest absolute Gasteiger partial charge is 0.347 e. The zero-order valence-corrected chi connectivity index (χ0v) is 48.7. The highest BCUT2D eigenvalue weighted by molar-refractivity contribution is 7.97. The van der Waals surface area contributed by atoms with Gasteiger partial charge >= 0.3 is 23.9 Å². The van der Waals surface area contributed by atoms with Crippen LogP contribution in [0.4, 0.5) is 0 Å². The van der Waals surface area contributed by atoms with Crippen LogP contribution in [0.25, 0.3) is 0 Å². The fourth-order valence-corrected chi connectivity index (χ4v) is 21.5. The van der Waals surface area contributed by atoms with Gasteiger partial charge in [0, 0.05) is 18.8 Å². The Labute approximate surface area is 472 Å². The van der Waals surface area contributed by atoms with Crippen LogP contribution in [0.2, 0.25) is 0 Å². The van der Waals surface area contributed by atoms with Crippen LogP contribution in [-0.2, 0) is 49.1 Å².